The highest BCUT2D eigenvalue weighted by Gasteiger charge is 2.20. The maximum atomic E-state index is 12.5. The number of benzene rings is 2. The van der Waals surface area contributed by atoms with Gasteiger partial charge in [0.25, 0.3) is 0 Å². The Morgan fingerprint density at radius 3 is 2.26 bits per heavy atom. The van der Waals surface area contributed by atoms with E-state index in [1.807, 2.05) is 42.5 Å². The number of nitrogens with one attached hydrogen (secondary N) is 2. The number of alkyl carbamates (subject to hydrolysis) is 1. The predicted molar refractivity (Wildman–Crippen MR) is 108 cm³/mol. The lowest BCUT2D eigenvalue weighted by Gasteiger charge is -2.22. The summed E-state index contributed by atoms with van der Waals surface area (Å²) in [5, 5.41) is 6.23. The molecule has 144 valence electrons. The fourth-order valence-corrected chi connectivity index (χ4v) is 2.65. The number of rotatable bonds is 6. The van der Waals surface area contributed by atoms with E-state index in [2.05, 4.69) is 10.6 Å². The maximum absolute atomic E-state index is 12.5. The first-order valence-electron chi connectivity index (χ1n) is 8.80. The van der Waals surface area contributed by atoms with Crippen LogP contribution in [0.5, 0.6) is 0 Å². The van der Waals surface area contributed by atoms with Crippen LogP contribution in [0, 0.1) is 0 Å². The standard InChI is InChI=1S/C21H25ClN2O3/c1-21(2,3)27-20(26)23-14-16(15-9-11-17(22)12-10-15)13-19(25)24-18-7-5-4-6-8-18/h4-12,16H,13-14H2,1-3H3,(H,23,26)(H,24,25). The quantitative estimate of drug-likeness (QED) is 0.733. The van der Waals surface area contributed by atoms with Crippen molar-refractivity contribution in [2.24, 2.45) is 0 Å². The highest BCUT2D eigenvalue weighted by Crippen LogP contribution is 2.22. The number of hydrogen-bond acceptors (Lipinski definition) is 3. The maximum Gasteiger partial charge on any atom is 0.407 e. The third-order valence-electron chi connectivity index (χ3n) is 3.72. The topological polar surface area (TPSA) is 67.4 Å². The molecule has 0 bridgehead atoms. The molecule has 0 spiro atoms. The second-order valence-electron chi connectivity index (χ2n) is 7.25. The van der Waals surface area contributed by atoms with E-state index in [0.29, 0.717) is 5.02 Å². The Balaban J connectivity index is 2.04. The molecule has 0 aromatic heterocycles. The average molecular weight is 389 g/mol. The summed E-state index contributed by atoms with van der Waals surface area (Å²) in [6.45, 7) is 5.68. The lowest BCUT2D eigenvalue weighted by molar-refractivity contribution is -0.116. The second-order valence-corrected chi connectivity index (χ2v) is 7.69. The van der Waals surface area contributed by atoms with Gasteiger partial charge in [-0.2, -0.15) is 0 Å². The van der Waals surface area contributed by atoms with Gasteiger partial charge in [0.2, 0.25) is 5.91 Å². The number of carbonyl (C=O) groups excluding carboxylic acids is 2. The van der Waals surface area contributed by atoms with Gasteiger partial charge in [0, 0.05) is 29.6 Å². The fourth-order valence-electron chi connectivity index (χ4n) is 2.52. The van der Waals surface area contributed by atoms with Crippen molar-refractivity contribution in [2.45, 2.75) is 38.7 Å². The van der Waals surface area contributed by atoms with Crippen LogP contribution in [-0.4, -0.2) is 24.1 Å². The van der Waals surface area contributed by atoms with Crippen molar-refractivity contribution in [3.8, 4) is 0 Å². The number of hydrogen-bond donors (Lipinski definition) is 2. The molecule has 0 saturated carbocycles. The molecule has 5 nitrogen and oxygen atoms in total. The number of carbonyl (C=O) groups is 2. The van der Waals surface area contributed by atoms with Crippen LogP contribution in [0.3, 0.4) is 0 Å². The van der Waals surface area contributed by atoms with Crippen LogP contribution in [0.2, 0.25) is 5.02 Å². The summed E-state index contributed by atoms with van der Waals surface area (Å²) in [5.74, 6) is -0.342. The van der Waals surface area contributed by atoms with Crippen molar-refractivity contribution in [3.05, 3.63) is 65.2 Å². The Kier molecular flexibility index (Phi) is 7.25. The van der Waals surface area contributed by atoms with E-state index in [1.165, 1.54) is 0 Å². The summed E-state index contributed by atoms with van der Waals surface area (Å²) in [6, 6.07) is 16.5. The number of halogens is 1. The molecule has 2 rings (SSSR count). The molecule has 0 saturated heterocycles. The zero-order valence-corrected chi connectivity index (χ0v) is 16.5. The lowest BCUT2D eigenvalue weighted by Crippen LogP contribution is -2.35. The molecule has 0 aliphatic heterocycles. The van der Waals surface area contributed by atoms with Crippen molar-refractivity contribution < 1.29 is 14.3 Å². The zero-order chi connectivity index (χ0) is 19.9. The molecule has 2 aromatic carbocycles. The Hall–Kier alpha value is -2.53. The molecule has 1 unspecified atom stereocenters. The van der Waals surface area contributed by atoms with Crippen molar-refractivity contribution in [1.29, 1.82) is 0 Å². The summed E-state index contributed by atoms with van der Waals surface area (Å²) in [5.41, 5.74) is 1.07. The molecule has 2 aromatic rings. The van der Waals surface area contributed by atoms with Gasteiger partial charge in [-0.25, -0.2) is 4.79 Å². The van der Waals surface area contributed by atoms with Crippen molar-refractivity contribution in [3.63, 3.8) is 0 Å². The van der Waals surface area contributed by atoms with Gasteiger partial charge in [0.15, 0.2) is 0 Å². The molecule has 0 fully saturated rings. The lowest BCUT2D eigenvalue weighted by atomic mass is 9.95. The van der Waals surface area contributed by atoms with E-state index < -0.39 is 11.7 Å². The monoisotopic (exact) mass is 388 g/mol. The zero-order valence-electron chi connectivity index (χ0n) is 15.8. The molecule has 2 N–H and O–H groups in total. The molecule has 0 heterocycles. The van der Waals surface area contributed by atoms with Crippen LogP contribution in [0.25, 0.3) is 0 Å². The fraction of sp³-hybridized carbons (Fsp3) is 0.333. The molecule has 0 aliphatic rings. The molecule has 1 atom stereocenters. The molecule has 2 amide bonds. The van der Waals surface area contributed by atoms with Crippen molar-refractivity contribution in [1.82, 2.24) is 5.32 Å². The Morgan fingerprint density at radius 2 is 1.67 bits per heavy atom. The summed E-state index contributed by atoms with van der Waals surface area (Å²) in [7, 11) is 0. The van der Waals surface area contributed by atoms with Gasteiger partial charge in [-0.3, -0.25) is 4.79 Å². The first-order valence-corrected chi connectivity index (χ1v) is 9.18. The normalized spacial score (nSPS) is 12.1. The molecular formula is C21H25ClN2O3. The summed E-state index contributed by atoms with van der Waals surface area (Å²) in [4.78, 5) is 24.4. The van der Waals surface area contributed by atoms with Crippen LogP contribution in [0.4, 0.5) is 10.5 Å². The van der Waals surface area contributed by atoms with E-state index in [0.717, 1.165) is 11.3 Å². The number of ether oxygens (including phenoxy) is 1. The highest BCUT2D eigenvalue weighted by atomic mass is 35.5. The molecular weight excluding hydrogens is 364 g/mol. The van der Waals surface area contributed by atoms with Crippen LogP contribution in [0.15, 0.2) is 54.6 Å². The molecule has 6 heteroatoms. The van der Waals surface area contributed by atoms with Gasteiger partial charge in [0.1, 0.15) is 5.60 Å². The minimum absolute atomic E-state index is 0.132. The number of para-hydroxylation sites is 1. The van der Waals surface area contributed by atoms with Crippen LogP contribution < -0.4 is 10.6 Å². The third kappa shape index (κ3) is 7.71. The van der Waals surface area contributed by atoms with Crippen molar-refractivity contribution >= 4 is 29.3 Å². The van der Waals surface area contributed by atoms with Crippen molar-refractivity contribution in [2.75, 3.05) is 11.9 Å². The van der Waals surface area contributed by atoms with Gasteiger partial charge in [0.05, 0.1) is 0 Å². The summed E-state index contributed by atoms with van der Waals surface area (Å²) in [6.07, 6.45) is -0.295. The number of anilines is 1. The molecule has 0 aliphatic carbocycles. The summed E-state index contributed by atoms with van der Waals surface area (Å²) >= 11 is 5.96. The SMILES string of the molecule is CC(C)(C)OC(=O)NCC(CC(=O)Nc1ccccc1)c1ccc(Cl)cc1. The molecule has 27 heavy (non-hydrogen) atoms. The van der Waals surface area contributed by atoms with E-state index in [9.17, 15) is 9.59 Å². The van der Waals surface area contributed by atoms with E-state index in [-0.39, 0.29) is 24.8 Å². The van der Waals surface area contributed by atoms with E-state index >= 15 is 0 Å². The summed E-state index contributed by atoms with van der Waals surface area (Å²) < 4.78 is 5.27. The first kappa shape index (κ1) is 20.8. The van der Waals surface area contributed by atoms with Gasteiger partial charge in [-0.15, -0.1) is 0 Å². The van der Waals surface area contributed by atoms with Crippen LogP contribution in [-0.2, 0) is 9.53 Å². The van der Waals surface area contributed by atoms with Crippen LogP contribution >= 0.6 is 11.6 Å². The Bertz CT molecular complexity index is 755. The van der Waals surface area contributed by atoms with Crippen LogP contribution in [0.1, 0.15) is 38.7 Å². The minimum atomic E-state index is -0.579. The smallest absolute Gasteiger partial charge is 0.407 e. The van der Waals surface area contributed by atoms with E-state index in [4.69, 9.17) is 16.3 Å². The highest BCUT2D eigenvalue weighted by molar-refractivity contribution is 6.30. The second kappa shape index (κ2) is 9.42. The number of amides is 2. The average Bonchev–Trinajstić information content (AvgIpc) is 2.59. The third-order valence-corrected chi connectivity index (χ3v) is 3.97. The van der Waals surface area contributed by atoms with Gasteiger partial charge in [-0.1, -0.05) is 41.9 Å². The van der Waals surface area contributed by atoms with Gasteiger partial charge in [-0.05, 0) is 50.6 Å². The van der Waals surface area contributed by atoms with E-state index in [1.54, 1.807) is 32.9 Å². The predicted octanol–water partition coefficient (Wildman–Crippen LogP) is 4.98. The Morgan fingerprint density at radius 1 is 1.04 bits per heavy atom. The Labute approximate surface area is 165 Å². The minimum Gasteiger partial charge on any atom is -0.444 e. The van der Waals surface area contributed by atoms with Gasteiger partial charge >= 0.3 is 6.09 Å². The van der Waals surface area contributed by atoms with Gasteiger partial charge < -0.3 is 15.4 Å². The molecule has 0 radical (unpaired) electrons. The largest absolute Gasteiger partial charge is 0.444 e. The first-order chi connectivity index (χ1) is 12.7.